The molecule has 136 valence electrons. The smallest absolute Gasteiger partial charge is 0.229 e. The number of carbonyl (C=O) groups is 2. The Hall–Kier alpha value is -2.24. The second-order valence-corrected chi connectivity index (χ2v) is 6.79. The first-order valence-electron chi connectivity index (χ1n) is 8.27. The zero-order valence-electron chi connectivity index (χ0n) is 14.2. The maximum atomic E-state index is 12.5. The summed E-state index contributed by atoms with van der Waals surface area (Å²) in [4.78, 5) is 26.4. The molecule has 1 heterocycles. The van der Waals surface area contributed by atoms with Gasteiger partial charge < -0.3 is 15.0 Å². The Labute approximate surface area is 161 Å². The van der Waals surface area contributed by atoms with Crippen LogP contribution in [0.4, 0.5) is 11.4 Å². The van der Waals surface area contributed by atoms with Gasteiger partial charge in [-0.2, -0.15) is 0 Å². The lowest BCUT2D eigenvalue weighted by Crippen LogP contribution is -2.28. The summed E-state index contributed by atoms with van der Waals surface area (Å²) >= 11 is 12.2. The van der Waals surface area contributed by atoms with Crippen molar-refractivity contribution in [2.75, 3.05) is 23.4 Å². The molecule has 1 atom stereocenters. The van der Waals surface area contributed by atoms with Gasteiger partial charge in [0.25, 0.3) is 0 Å². The Bertz CT molecular complexity index is 824. The van der Waals surface area contributed by atoms with Crippen LogP contribution in [0.1, 0.15) is 13.3 Å². The highest BCUT2D eigenvalue weighted by atomic mass is 35.5. The molecule has 0 aliphatic carbocycles. The van der Waals surface area contributed by atoms with Crippen molar-refractivity contribution in [3.05, 3.63) is 52.5 Å². The standard InChI is InChI=1S/C19H18Cl2N2O3/c1-2-26-15-6-4-14(5-7-15)22-19(25)12-9-18(24)23(11-12)17-10-13(20)3-8-16(17)21/h3-8,10,12H,2,9,11H2,1H3,(H,22,25). The van der Waals surface area contributed by atoms with Crippen LogP contribution in [0.5, 0.6) is 5.75 Å². The van der Waals surface area contributed by atoms with E-state index in [9.17, 15) is 9.59 Å². The summed E-state index contributed by atoms with van der Waals surface area (Å²) in [6, 6.07) is 12.0. The van der Waals surface area contributed by atoms with Gasteiger partial charge in [0.15, 0.2) is 0 Å². The van der Waals surface area contributed by atoms with Crippen LogP contribution < -0.4 is 15.0 Å². The van der Waals surface area contributed by atoms with Crippen LogP contribution in [0, 0.1) is 5.92 Å². The lowest BCUT2D eigenvalue weighted by atomic mass is 10.1. The molecular weight excluding hydrogens is 375 g/mol. The van der Waals surface area contributed by atoms with Gasteiger partial charge >= 0.3 is 0 Å². The predicted molar refractivity (Wildman–Crippen MR) is 103 cm³/mol. The van der Waals surface area contributed by atoms with Crippen LogP contribution >= 0.6 is 23.2 Å². The quantitative estimate of drug-likeness (QED) is 0.820. The second-order valence-electron chi connectivity index (χ2n) is 5.95. The molecule has 3 rings (SSSR count). The normalized spacial score (nSPS) is 16.7. The number of carbonyl (C=O) groups excluding carboxylic acids is 2. The van der Waals surface area contributed by atoms with E-state index in [2.05, 4.69) is 5.32 Å². The Balaban J connectivity index is 1.68. The molecule has 1 unspecified atom stereocenters. The molecule has 1 aliphatic rings. The summed E-state index contributed by atoms with van der Waals surface area (Å²) < 4.78 is 5.38. The number of rotatable bonds is 5. The van der Waals surface area contributed by atoms with Crippen LogP contribution in [-0.2, 0) is 9.59 Å². The Morgan fingerprint density at radius 1 is 1.23 bits per heavy atom. The molecule has 1 saturated heterocycles. The molecule has 5 nitrogen and oxygen atoms in total. The molecule has 0 radical (unpaired) electrons. The van der Waals surface area contributed by atoms with Crippen molar-refractivity contribution in [1.82, 2.24) is 0 Å². The summed E-state index contributed by atoms with van der Waals surface area (Å²) in [5, 5.41) is 3.75. The molecule has 1 aliphatic heterocycles. The molecule has 0 bridgehead atoms. The zero-order valence-corrected chi connectivity index (χ0v) is 15.7. The average molecular weight is 393 g/mol. The van der Waals surface area contributed by atoms with Gasteiger partial charge in [0.1, 0.15) is 5.75 Å². The van der Waals surface area contributed by atoms with Crippen LogP contribution in [0.3, 0.4) is 0 Å². The molecule has 2 amide bonds. The van der Waals surface area contributed by atoms with Crippen molar-refractivity contribution in [1.29, 1.82) is 0 Å². The molecule has 1 N–H and O–H groups in total. The van der Waals surface area contributed by atoms with E-state index in [-0.39, 0.29) is 24.8 Å². The van der Waals surface area contributed by atoms with Gasteiger partial charge in [0, 0.05) is 23.7 Å². The molecule has 1 fully saturated rings. The molecule has 0 spiro atoms. The minimum atomic E-state index is -0.455. The lowest BCUT2D eigenvalue weighted by molar-refractivity contribution is -0.122. The molecular formula is C19H18Cl2N2O3. The van der Waals surface area contributed by atoms with E-state index in [1.807, 2.05) is 6.92 Å². The molecule has 0 aromatic heterocycles. The third-order valence-corrected chi connectivity index (χ3v) is 4.68. The number of ether oxygens (including phenoxy) is 1. The number of hydrogen-bond acceptors (Lipinski definition) is 3. The number of benzene rings is 2. The van der Waals surface area contributed by atoms with Crippen LogP contribution in [0.2, 0.25) is 10.0 Å². The van der Waals surface area contributed by atoms with E-state index in [0.717, 1.165) is 5.75 Å². The summed E-state index contributed by atoms with van der Waals surface area (Å²) in [6.45, 7) is 2.75. The van der Waals surface area contributed by atoms with Gasteiger partial charge in [-0.25, -0.2) is 0 Å². The molecule has 26 heavy (non-hydrogen) atoms. The monoisotopic (exact) mass is 392 g/mol. The van der Waals surface area contributed by atoms with Crippen molar-refractivity contribution in [2.24, 2.45) is 5.92 Å². The van der Waals surface area contributed by atoms with Crippen LogP contribution in [0.25, 0.3) is 0 Å². The number of hydrogen-bond donors (Lipinski definition) is 1. The van der Waals surface area contributed by atoms with Crippen molar-refractivity contribution in [3.63, 3.8) is 0 Å². The zero-order chi connectivity index (χ0) is 18.7. The number of anilines is 2. The molecule has 0 saturated carbocycles. The van der Waals surface area contributed by atoms with Gasteiger partial charge in [-0.15, -0.1) is 0 Å². The second kappa shape index (κ2) is 7.98. The fraction of sp³-hybridized carbons (Fsp3) is 0.263. The molecule has 2 aromatic rings. The minimum absolute atomic E-state index is 0.131. The number of nitrogens with one attached hydrogen (secondary N) is 1. The highest BCUT2D eigenvalue weighted by molar-refractivity contribution is 6.36. The summed E-state index contributed by atoms with van der Waals surface area (Å²) in [5.74, 6) is -0.0726. The van der Waals surface area contributed by atoms with E-state index in [1.54, 1.807) is 42.5 Å². The first-order valence-corrected chi connectivity index (χ1v) is 9.02. The average Bonchev–Trinajstić information content (AvgIpc) is 3.01. The first kappa shape index (κ1) is 18.5. The van der Waals surface area contributed by atoms with Gasteiger partial charge in [0.05, 0.1) is 23.2 Å². The van der Waals surface area contributed by atoms with Gasteiger partial charge in [0.2, 0.25) is 11.8 Å². The maximum Gasteiger partial charge on any atom is 0.229 e. The minimum Gasteiger partial charge on any atom is -0.494 e. The molecule has 2 aromatic carbocycles. The highest BCUT2D eigenvalue weighted by Crippen LogP contribution is 2.33. The van der Waals surface area contributed by atoms with Crippen LogP contribution in [-0.4, -0.2) is 25.0 Å². The third-order valence-electron chi connectivity index (χ3n) is 4.13. The lowest BCUT2D eigenvalue weighted by Gasteiger charge is -2.18. The third kappa shape index (κ3) is 4.11. The van der Waals surface area contributed by atoms with Crippen molar-refractivity contribution >= 4 is 46.4 Å². The summed E-state index contributed by atoms with van der Waals surface area (Å²) in [7, 11) is 0. The SMILES string of the molecule is CCOc1ccc(NC(=O)C2CC(=O)N(c3cc(Cl)ccc3Cl)C2)cc1. The summed E-state index contributed by atoms with van der Waals surface area (Å²) in [6.07, 6.45) is 0.131. The van der Waals surface area contributed by atoms with Crippen LogP contribution in [0.15, 0.2) is 42.5 Å². The van der Waals surface area contributed by atoms with Gasteiger partial charge in [-0.05, 0) is 49.4 Å². The van der Waals surface area contributed by atoms with E-state index in [1.165, 1.54) is 4.90 Å². The Kier molecular flexibility index (Phi) is 5.69. The van der Waals surface area contributed by atoms with E-state index in [4.69, 9.17) is 27.9 Å². The van der Waals surface area contributed by atoms with Crippen molar-refractivity contribution in [3.8, 4) is 5.75 Å². The number of amides is 2. The first-order chi connectivity index (χ1) is 12.5. The van der Waals surface area contributed by atoms with Gasteiger partial charge in [-0.1, -0.05) is 23.2 Å². The fourth-order valence-electron chi connectivity index (χ4n) is 2.85. The fourth-order valence-corrected chi connectivity index (χ4v) is 3.24. The summed E-state index contributed by atoms with van der Waals surface area (Å²) in [5.41, 5.74) is 1.19. The van der Waals surface area contributed by atoms with E-state index >= 15 is 0 Å². The topological polar surface area (TPSA) is 58.6 Å². The number of nitrogens with zero attached hydrogens (tertiary/aromatic N) is 1. The van der Waals surface area contributed by atoms with Crippen molar-refractivity contribution < 1.29 is 14.3 Å². The Morgan fingerprint density at radius 3 is 2.65 bits per heavy atom. The molecule has 7 heteroatoms. The predicted octanol–water partition coefficient (Wildman–Crippen LogP) is 4.38. The highest BCUT2D eigenvalue weighted by Gasteiger charge is 2.36. The Morgan fingerprint density at radius 2 is 1.96 bits per heavy atom. The number of halogens is 2. The largest absolute Gasteiger partial charge is 0.494 e. The maximum absolute atomic E-state index is 12.5. The van der Waals surface area contributed by atoms with Gasteiger partial charge in [-0.3, -0.25) is 9.59 Å². The van der Waals surface area contributed by atoms with Crippen molar-refractivity contribution in [2.45, 2.75) is 13.3 Å². The van der Waals surface area contributed by atoms with E-state index < -0.39 is 5.92 Å². The van der Waals surface area contributed by atoms with E-state index in [0.29, 0.717) is 28.0 Å².